The van der Waals surface area contributed by atoms with Gasteiger partial charge in [-0.15, -0.1) is 0 Å². The Balaban J connectivity index is 1.91. The SMILES string of the molecule is CS(=O)(=O)c1ccc(CN2C(=O)C(=O)c3ccccc32)cc1. The summed E-state index contributed by atoms with van der Waals surface area (Å²) >= 11 is 0. The molecule has 1 amide bonds. The molecule has 22 heavy (non-hydrogen) atoms. The molecular weight excluding hydrogens is 302 g/mol. The maximum absolute atomic E-state index is 12.1. The summed E-state index contributed by atoms with van der Waals surface area (Å²) in [5, 5.41) is 0. The summed E-state index contributed by atoms with van der Waals surface area (Å²) in [5.74, 6) is -1.07. The van der Waals surface area contributed by atoms with Crippen molar-refractivity contribution in [2.24, 2.45) is 0 Å². The maximum atomic E-state index is 12.1. The molecule has 0 aliphatic carbocycles. The van der Waals surface area contributed by atoms with Crippen molar-refractivity contribution in [1.82, 2.24) is 0 Å². The second-order valence-corrected chi connectivity index (χ2v) is 7.17. The second-order valence-electron chi connectivity index (χ2n) is 5.15. The molecule has 112 valence electrons. The van der Waals surface area contributed by atoms with Gasteiger partial charge in [0.1, 0.15) is 0 Å². The fourth-order valence-corrected chi connectivity index (χ4v) is 3.06. The lowest BCUT2D eigenvalue weighted by Gasteiger charge is -2.16. The number of benzene rings is 2. The summed E-state index contributed by atoms with van der Waals surface area (Å²) in [7, 11) is -3.25. The molecule has 0 unspecified atom stereocenters. The molecule has 1 aliphatic heterocycles. The first-order chi connectivity index (χ1) is 10.4. The molecule has 0 saturated heterocycles. The molecule has 0 N–H and O–H groups in total. The highest BCUT2D eigenvalue weighted by molar-refractivity contribution is 7.90. The van der Waals surface area contributed by atoms with Crippen LogP contribution in [0.25, 0.3) is 0 Å². The highest BCUT2D eigenvalue weighted by Gasteiger charge is 2.35. The monoisotopic (exact) mass is 315 g/mol. The third kappa shape index (κ3) is 2.42. The Bertz CT molecular complexity index is 869. The number of Topliss-reactive ketones (excluding diaryl/α,β-unsaturated/α-hetero) is 1. The van der Waals surface area contributed by atoms with E-state index in [9.17, 15) is 18.0 Å². The lowest BCUT2D eigenvalue weighted by molar-refractivity contribution is -0.114. The molecule has 5 nitrogen and oxygen atoms in total. The minimum absolute atomic E-state index is 0.223. The molecule has 0 bridgehead atoms. The van der Waals surface area contributed by atoms with Crippen LogP contribution in [-0.2, 0) is 21.2 Å². The van der Waals surface area contributed by atoms with Crippen molar-refractivity contribution in [2.45, 2.75) is 11.4 Å². The molecule has 0 atom stereocenters. The van der Waals surface area contributed by atoms with E-state index in [0.29, 0.717) is 11.3 Å². The number of rotatable bonds is 3. The number of hydrogen-bond donors (Lipinski definition) is 0. The molecule has 2 aromatic carbocycles. The van der Waals surface area contributed by atoms with E-state index in [1.165, 1.54) is 17.0 Å². The molecule has 0 aromatic heterocycles. The van der Waals surface area contributed by atoms with E-state index in [1.54, 1.807) is 36.4 Å². The fraction of sp³-hybridized carbons (Fsp3) is 0.125. The zero-order valence-electron chi connectivity index (χ0n) is 11.8. The Morgan fingerprint density at radius 1 is 0.955 bits per heavy atom. The largest absolute Gasteiger partial charge is 0.300 e. The van der Waals surface area contributed by atoms with Crippen LogP contribution in [-0.4, -0.2) is 26.4 Å². The number of nitrogens with zero attached hydrogens (tertiary/aromatic N) is 1. The average Bonchev–Trinajstić information content (AvgIpc) is 2.73. The number of amides is 1. The summed E-state index contributed by atoms with van der Waals surface area (Å²) in [6.07, 6.45) is 1.14. The van der Waals surface area contributed by atoms with Gasteiger partial charge in [-0.2, -0.15) is 0 Å². The van der Waals surface area contributed by atoms with Crippen LogP contribution < -0.4 is 4.90 Å². The smallest absolute Gasteiger partial charge is 0.299 e. The van der Waals surface area contributed by atoms with Gasteiger partial charge >= 0.3 is 0 Å². The van der Waals surface area contributed by atoms with Gasteiger partial charge in [0.15, 0.2) is 9.84 Å². The molecule has 6 heteroatoms. The van der Waals surface area contributed by atoms with Gasteiger partial charge in [-0.25, -0.2) is 8.42 Å². The van der Waals surface area contributed by atoms with Gasteiger partial charge in [-0.05, 0) is 29.8 Å². The third-order valence-corrected chi connectivity index (χ3v) is 4.70. The molecular formula is C16H13NO4S. The van der Waals surface area contributed by atoms with E-state index in [1.807, 2.05) is 0 Å². The van der Waals surface area contributed by atoms with E-state index in [0.717, 1.165) is 11.8 Å². The number of para-hydroxylation sites is 1. The first-order valence-electron chi connectivity index (χ1n) is 6.62. The van der Waals surface area contributed by atoms with E-state index in [-0.39, 0.29) is 11.4 Å². The van der Waals surface area contributed by atoms with E-state index in [4.69, 9.17) is 0 Å². The first-order valence-corrected chi connectivity index (χ1v) is 8.51. The number of hydrogen-bond acceptors (Lipinski definition) is 4. The Kier molecular flexibility index (Phi) is 3.33. The van der Waals surface area contributed by atoms with Crippen molar-refractivity contribution in [3.63, 3.8) is 0 Å². The minimum atomic E-state index is -3.25. The van der Waals surface area contributed by atoms with Gasteiger partial charge < -0.3 is 4.90 Å². The average molecular weight is 315 g/mol. The van der Waals surface area contributed by atoms with Crippen molar-refractivity contribution in [1.29, 1.82) is 0 Å². The van der Waals surface area contributed by atoms with Gasteiger partial charge in [0.05, 0.1) is 22.7 Å². The van der Waals surface area contributed by atoms with Gasteiger partial charge in [0.2, 0.25) is 0 Å². The maximum Gasteiger partial charge on any atom is 0.299 e. The predicted molar refractivity (Wildman–Crippen MR) is 81.5 cm³/mol. The van der Waals surface area contributed by atoms with Gasteiger partial charge in [-0.1, -0.05) is 24.3 Å². The topological polar surface area (TPSA) is 71.5 Å². The van der Waals surface area contributed by atoms with Crippen molar-refractivity contribution in [3.8, 4) is 0 Å². The van der Waals surface area contributed by atoms with Gasteiger partial charge in [-0.3, -0.25) is 9.59 Å². The standard InChI is InChI=1S/C16H13NO4S/c1-22(20,21)12-8-6-11(7-9-12)10-17-14-5-3-2-4-13(14)15(18)16(17)19/h2-9H,10H2,1H3. The molecule has 2 aromatic rings. The molecule has 0 radical (unpaired) electrons. The van der Waals surface area contributed by atoms with Crippen LogP contribution in [0, 0.1) is 0 Å². The zero-order chi connectivity index (χ0) is 15.9. The molecule has 0 fully saturated rings. The zero-order valence-corrected chi connectivity index (χ0v) is 12.6. The highest BCUT2D eigenvalue weighted by atomic mass is 32.2. The Labute approximate surface area is 128 Å². The Hall–Kier alpha value is -2.47. The van der Waals surface area contributed by atoms with Crippen LogP contribution in [0.4, 0.5) is 5.69 Å². The number of fused-ring (bicyclic) bond motifs is 1. The molecule has 1 heterocycles. The molecule has 3 rings (SSSR count). The summed E-state index contributed by atoms with van der Waals surface area (Å²) in [6, 6.07) is 13.1. The van der Waals surface area contributed by atoms with E-state index < -0.39 is 21.5 Å². The van der Waals surface area contributed by atoms with Crippen molar-refractivity contribution in [3.05, 3.63) is 59.7 Å². The number of anilines is 1. The van der Waals surface area contributed by atoms with Crippen LogP contribution in [0.3, 0.4) is 0 Å². The van der Waals surface area contributed by atoms with Crippen LogP contribution in [0.5, 0.6) is 0 Å². The first kappa shape index (κ1) is 14.5. The normalized spacial score (nSPS) is 14.3. The predicted octanol–water partition coefficient (Wildman–Crippen LogP) is 1.82. The Morgan fingerprint density at radius 3 is 2.23 bits per heavy atom. The molecule has 1 aliphatic rings. The number of sulfone groups is 1. The van der Waals surface area contributed by atoms with E-state index in [2.05, 4.69) is 0 Å². The lowest BCUT2D eigenvalue weighted by Crippen LogP contribution is -2.29. The van der Waals surface area contributed by atoms with Crippen molar-refractivity contribution in [2.75, 3.05) is 11.2 Å². The highest BCUT2D eigenvalue weighted by Crippen LogP contribution is 2.30. The fourth-order valence-electron chi connectivity index (χ4n) is 2.43. The van der Waals surface area contributed by atoms with Crippen molar-refractivity contribution < 1.29 is 18.0 Å². The van der Waals surface area contributed by atoms with Crippen LogP contribution in [0.2, 0.25) is 0 Å². The number of carbonyl (C=O) groups excluding carboxylic acids is 2. The number of carbonyl (C=O) groups is 2. The summed E-state index contributed by atoms with van der Waals surface area (Å²) in [5.41, 5.74) is 1.75. The van der Waals surface area contributed by atoms with Crippen molar-refractivity contribution >= 4 is 27.2 Å². The lowest BCUT2D eigenvalue weighted by atomic mass is 10.1. The molecule has 0 saturated carbocycles. The summed E-state index contributed by atoms with van der Waals surface area (Å²) < 4.78 is 22.9. The second kappa shape index (κ2) is 5.06. The minimum Gasteiger partial charge on any atom is -0.300 e. The molecule has 0 spiro atoms. The van der Waals surface area contributed by atoms with Gasteiger partial charge in [0, 0.05) is 6.26 Å². The van der Waals surface area contributed by atoms with Crippen LogP contribution >= 0.6 is 0 Å². The summed E-state index contributed by atoms with van der Waals surface area (Å²) in [4.78, 5) is 25.6. The van der Waals surface area contributed by atoms with E-state index >= 15 is 0 Å². The number of ketones is 1. The quantitative estimate of drug-likeness (QED) is 0.810. The Morgan fingerprint density at radius 2 is 1.59 bits per heavy atom. The summed E-state index contributed by atoms with van der Waals surface area (Å²) in [6.45, 7) is 0.228. The van der Waals surface area contributed by atoms with Gasteiger partial charge in [0.25, 0.3) is 11.7 Å². The van der Waals surface area contributed by atoms with Crippen LogP contribution in [0.15, 0.2) is 53.4 Å². The van der Waals surface area contributed by atoms with Crippen LogP contribution in [0.1, 0.15) is 15.9 Å². The third-order valence-electron chi connectivity index (χ3n) is 3.57.